The number of rotatable bonds is 3. The molecule has 0 bridgehead atoms. The molecule has 0 aliphatic heterocycles. The van der Waals surface area contributed by atoms with Crippen LogP contribution in [0.5, 0.6) is 0 Å². The van der Waals surface area contributed by atoms with Crippen LogP contribution in [0.3, 0.4) is 0 Å². The van der Waals surface area contributed by atoms with Gasteiger partial charge in [-0.25, -0.2) is 0 Å². The summed E-state index contributed by atoms with van der Waals surface area (Å²) in [5.74, 6) is 0. The van der Waals surface area contributed by atoms with Gasteiger partial charge in [0.25, 0.3) is 0 Å². The van der Waals surface area contributed by atoms with Crippen molar-refractivity contribution >= 4 is 0 Å². The molecule has 2 rings (SSSR count). The first kappa shape index (κ1) is 14.1. The van der Waals surface area contributed by atoms with Crippen molar-refractivity contribution in [2.75, 3.05) is 0 Å². The van der Waals surface area contributed by atoms with Crippen LogP contribution < -0.4 is 5.32 Å². The molecule has 0 amide bonds. The molecule has 1 aliphatic rings. The molecule has 102 valence electrons. The Balaban J connectivity index is 2.06. The molecule has 0 heterocycles. The first-order valence-electron chi connectivity index (χ1n) is 7.43. The van der Waals surface area contributed by atoms with Gasteiger partial charge >= 0.3 is 0 Å². The molecule has 0 saturated heterocycles. The van der Waals surface area contributed by atoms with E-state index in [0.717, 1.165) is 5.56 Å². The summed E-state index contributed by atoms with van der Waals surface area (Å²) in [5, 5.41) is 13.0. The van der Waals surface area contributed by atoms with Gasteiger partial charge in [-0.05, 0) is 43.4 Å². The van der Waals surface area contributed by atoms with Crippen molar-refractivity contribution < 1.29 is 0 Å². The Morgan fingerprint density at radius 3 is 2.37 bits per heavy atom. The minimum atomic E-state index is -0.164. The minimum absolute atomic E-state index is 0.164. The topological polar surface area (TPSA) is 35.8 Å². The Hall–Kier alpha value is -1.33. The van der Waals surface area contributed by atoms with Gasteiger partial charge in [-0.2, -0.15) is 5.26 Å². The van der Waals surface area contributed by atoms with Crippen molar-refractivity contribution in [1.29, 1.82) is 5.26 Å². The summed E-state index contributed by atoms with van der Waals surface area (Å²) in [6.45, 7) is 4.22. The number of benzene rings is 1. The zero-order valence-electron chi connectivity index (χ0n) is 12.1. The molecule has 0 radical (unpaired) electrons. The third-order valence-corrected chi connectivity index (χ3v) is 4.25. The fourth-order valence-corrected chi connectivity index (χ4v) is 2.83. The standard InChI is InChI=1S/C17H24N2/c1-13-9-10-15(11-14(13)2)17(12-18)19-16-7-5-3-4-6-8-16/h9-11,16-17,19H,3-8H2,1-2H3. The second-order valence-corrected chi connectivity index (χ2v) is 5.76. The molecule has 1 aliphatic carbocycles. The summed E-state index contributed by atoms with van der Waals surface area (Å²) in [4.78, 5) is 0. The van der Waals surface area contributed by atoms with E-state index < -0.39 is 0 Å². The SMILES string of the molecule is Cc1ccc(C(C#N)NC2CCCCCC2)cc1C. The first-order valence-corrected chi connectivity index (χ1v) is 7.43. The predicted molar refractivity (Wildman–Crippen MR) is 78.9 cm³/mol. The zero-order chi connectivity index (χ0) is 13.7. The highest BCUT2D eigenvalue weighted by Gasteiger charge is 2.18. The van der Waals surface area contributed by atoms with Gasteiger partial charge in [-0.15, -0.1) is 0 Å². The van der Waals surface area contributed by atoms with Crippen molar-refractivity contribution in [3.8, 4) is 6.07 Å². The molecule has 1 aromatic carbocycles. The average Bonchev–Trinajstić information content (AvgIpc) is 2.68. The van der Waals surface area contributed by atoms with Crippen LogP contribution in [0.15, 0.2) is 18.2 Å². The monoisotopic (exact) mass is 256 g/mol. The molecule has 1 atom stereocenters. The van der Waals surface area contributed by atoms with Gasteiger partial charge in [-0.3, -0.25) is 5.32 Å². The van der Waals surface area contributed by atoms with Crippen LogP contribution in [0.25, 0.3) is 0 Å². The highest BCUT2D eigenvalue weighted by molar-refractivity contribution is 5.33. The highest BCUT2D eigenvalue weighted by Crippen LogP contribution is 2.22. The number of hydrogen-bond donors (Lipinski definition) is 1. The summed E-state index contributed by atoms with van der Waals surface area (Å²) in [6, 6.07) is 9.11. The van der Waals surface area contributed by atoms with E-state index in [9.17, 15) is 5.26 Å². The molecule has 2 nitrogen and oxygen atoms in total. The first-order chi connectivity index (χ1) is 9.20. The zero-order valence-corrected chi connectivity index (χ0v) is 12.1. The summed E-state index contributed by atoms with van der Waals surface area (Å²) >= 11 is 0. The predicted octanol–water partition coefficient (Wildman–Crippen LogP) is 4.18. The number of hydrogen-bond acceptors (Lipinski definition) is 2. The molecule has 1 unspecified atom stereocenters. The van der Waals surface area contributed by atoms with Gasteiger partial charge in [-0.1, -0.05) is 43.9 Å². The quantitative estimate of drug-likeness (QED) is 0.823. The average molecular weight is 256 g/mol. The molecule has 2 heteroatoms. The van der Waals surface area contributed by atoms with Crippen molar-refractivity contribution in [3.05, 3.63) is 34.9 Å². The molecular formula is C17H24N2. The third-order valence-electron chi connectivity index (χ3n) is 4.25. The molecule has 19 heavy (non-hydrogen) atoms. The van der Waals surface area contributed by atoms with Crippen LogP contribution >= 0.6 is 0 Å². The van der Waals surface area contributed by atoms with E-state index in [2.05, 4.69) is 43.4 Å². The van der Waals surface area contributed by atoms with Crippen LogP contribution in [0, 0.1) is 25.2 Å². The normalized spacial score (nSPS) is 18.6. The summed E-state index contributed by atoms with van der Waals surface area (Å²) < 4.78 is 0. The van der Waals surface area contributed by atoms with Crippen LogP contribution in [0.4, 0.5) is 0 Å². The van der Waals surface area contributed by atoms with Gasteiger partial charge < -0.3 is 0 Å². The molecule has 0 aromatic heterocycles. The van der Waals surface area contributed by atoms with Crippen molar-refractivity contribution in [3.63, 3.8) is 0 Å². The largest absolute Gasteiger partial charge is 0.295 e. The van der Waals surface area contributed by atoms with Crippen molar-refractivity contribution in [1.82, 2.24) is 5.32 Å². The third kappa shape index (κ3) is 3.81. The fourth-order valence-electron chi connectivity index (χ4n) is 2.83. The lowest BCUT2D eigenvalue weighted by atomic mass is 10.00. The molecule has 1 fully saturated rings. The smallest absolute Gasteiger partial charge is 0.121 e. The summed E-state index contributed by atoms with van der Waals surface area (Å²) in [7, 11) is 0. The lowest BCUT2D eigenvalue weighted by Crippen LogP contribution is -2.31. The molecular weight excluding hydrogens is 232 g/mol. The maximum atomic E-state index is 9.43. The molecule has 1 N–H and O–H groups in total. The van der Waals surface area contributed by atoms with Crippen molar-refractivity contribution in [2.24, 2.45) is 0 Å². The second kappa shape index (κ2) is 6.73. The van der Waals surface area contributed by atoms with Gasteiger partial charge in [0.15, 0.2) is 0 Å². The number of nitriles is 1. The maximum Gasteiger partial charge on any atom is 0.121 e. The van der Waals surface area contributed by atoms with Crippen molar-refractivity contribution in [2.45, 2.75) is 64.5 Å². The minimum Gasteiger partial charge on any atom is -0.295 e. The fraction of sp³-hybridized carbons (Fsp3) is 0.588. The van der Waals surface area contributed by atoms with E-state index >= 15 is 0 Å². The Bertz CT molecular complexity index is 451. The van der Waals surface area contributed by atoms with Crippen LogP contribution in [0.1, 0.15) is 61.3 Å². The number of nitrogens with one attached hydrogen (secondary N) is 1. The van der Waals surface area contributed by atoms with E-state index in [-0.39, 0.29) is 6.04 Å². The van der Waals surface area contributed by atoms with Gasteiger partial charge in [0, 0.05) is 6.04 Å². The Labute approximate surface area is 116 Å². The maximum absolute atomic E-state index is 9.43. The van der Waals surface area contributed by atoms with Crippen LogP contribution in [0.2, 0.25) is 0 Å². The second-order valence-electron chi connectivity index (χ2n) is 5.76. The van der Waals surface area contributed by atoms with E-state index in [1.807, 2.05) is 0 Å². The van der Waals surface area contributed by atoms with E-state index in [0.29, 0.717) is 6.04 Å². The summed E-state index contributed by atoms with van der Waals surface area (Å²) in [6.07, 6.45) is 7.70. The van der Waals surface area contributed by atoms with Gasteiger partial charge in [0.2, 0.25) is 0 Å². The molecule has 1 saturated carbocycles. The number of nitrogens with zero attached hydrogens (tertiary/aromatic N) is 1. The summed E-state index contributed by atoms with van der Waals surface area (Å²) in [5.41, 5.74) is 3.66. The highest BCUT2D eigenvalue weighted by atomic mass is 14.9. The lowest BCUT2D eigenvalue weighted by molar-refractivity contribution is 0.436. The number of aryl methyl sites for hydroxylation is 2. The van der Waals surface area contributed by atoms with E-state index in [4.69, 9.17) is 0 Å². The van der Waals surface area contributed by atoms with Gasteiger partial charge in [0.1, 0.15) is 6.04 Å². The Kier molecular flexibility index (Phi) is 4.99. The molecule has 1 aromatic rings. The Morgan fingerprint density at radius 1 is 1.11 bits per heavy atom. The van der Waals surface area contributed by atoms with E-state index in [1.54, 1.807) is 0 Å². The lowest BCUT2D eigenvalue weighted by Gasteiger charge is -2.21. The Morgan fingerprint density at radius 2 is 1.79 bits per heavy atom. The van der Waals surface area contributed by atoms with E-state index in [1.165, 1.54) is 49.7 Å². The van der Waals surface area contributed by atoms with Crippen LogP contribution in [-0.2, 0) is 0 Å². The molecule has 0 spiro atoms. The van der Waals surface area contributed by atoms with Crippen LogP contribution in [-0.4, -0.2) is 6.04 Å². The van der Waals surface area contributed by atoms with Gasteiger partial charge in [0.05, 0.1) is 6.07 Å².